The van der Waals surface area contributed by atoms with Crippen LogP contribution in [0.2, 0.25) is 0 Å². The first kappa shape index (κ1) is 25.7. The Morgan fingerprint density at radius 3 is 2.28 bits per heavy atom. The number of carbonyl (C=O) groups excluding carboxylic acids is 2. The fraction of sp³-hybridized carbons (Fsp3) is 0.652. The van der Waals surface area contributed by atoms with E-state index in [1.54, 1.807) is 12.1 Å². The molecule has 9 nitrogen and oxygen atoms in total. The van der Waals surface area contributed by atoms with Gasteiger partial charge in [-0.25, -0.2) is 0 Å². The Morgan fingerprint density at radius 1 is 1.06 bits per heavy atom. The van der Waals surface area contributed by atoms with Crippen LogP contribution in [0.25, 0.3) is 0 Å². The summed E-state index contributed by atoms with van der Waals surface area (Å²) in [6, 6.07) is 3.41. The second kappa shape index (κ2) is 13.8. The van der Waals surface area contributed by atoms with Crippen LogP contribution in [0.15, 0.2) is 12.1 Å². The fourth-order valence-corrected chi connectivity index (χ4v) is 3.73. The topological polar surface area (TPSA) is 98.4 Å². The van der Waals surface area contributed by atoms with E-state index in [0.717, 1.165) is 32.4 Å². The number of hydrogen-bond acceptors (Lipinski definition) is 7. The Hall–Kier alpha value is -2.52. The summed E-state index contributed by atoms with van der Waals surface area (Å²) >= 11 is 0. The summed E-state index contributed by atoms with van der Waals surface area (Å²) in [7, 11) is 4.61. The number of anilines is 1. The third-order valence-electron chi connectivity index (χ3n) is 5.53. The maximum absolute atomic E-state index is 12.4. The van der Waals surface area contributed by atoms with E-state index in [9.17, 15) is 9.59 Å². The molecule has 2 amide bonds. The minimum atomic E-state index is -0.0894. The quantitative estimate of drug-likeness (QED) is 0.444. The van der Waals surface area contributed by atoms with Crippen LogP contribution in [-0.4, -0.2) is 77.4 Å². The number of rotatable bonds is 13. The van der Waals surface area contributed by atoms with Crippen molar-refractivity contribution in [2.24, 2.45) is 5.92 Å². The van der Waals surface area contributed by atoms with Gasteiger partial charge in [-0.05, 0) is 39.3 Å². The lowest BCUT2D eigenvalue weighted by Crippen LogP contribution is -2.41. The van der Waals surface area contributed by atoms with Crippen LogP contribution in [0.1, 0.15) is 32.6 Å². The zero-order valence-corrected chi connectivity index (χ0v) is 19.7. The van der Waals surface area contributed by atoms with Crippen molar-refractivity contribution in [2.45, 2.75) is 32.6 Å². The van der Waals surface area contributed by atoms with Crippen molar-refractivity contribution in [3.63, 3.8) is 0 Å². The smallest absolute Gasteiger partial charge is 0.225 e. The lowest BCUT2D eigenvalue weighted by Gasteiger charge is -2.31. The van der Waals surface area contributed by atoms with Gasteiger partial charge in [-0.2, -0.15) is 0 Å². The van der Waals surface area contributed by atoms with Crippen molar-refractivity contribution >= 4 is 17.5 Å². The van der Waals surface area contributed by atoms with Gasteiger partial charge in [-0.1, -0.05) is 0 Å². The molecule has 1 fully saturated rings. The molecule has 0 bridgehead atoms. The van der Waals surface area contributed by atoms with Crippen LogP contribution in [0.3, 0.4) is 0 Å². The highest BCUT2D eigenvalue weighted by Crippen LogP contribution is 2.39. The number of piperidine rings is 1. The fourth-order valence-electron chi connectivity index (χ4n) is 3.73. The molecule has 2 rings (SSSR count). The normalized spacial score (nSPS) is 14.6. The average Bonchev–Trinajstić information content (AvgIpc) is 2.82. The molecule has 1 aromatic carbocycles. The van der Waals surface area contributed by atoms with Gasteiger partial charge in [0, 0.05) is 56.5 Å². The number of nitrogens with zero attached hydrogens (tertiary/aromatic N) is 1. The largest absolute Gasteiger partial charge is 0.493 e. The highest BCUT2D eigenvalue weighted by atomic mass is 16.5. The summed E-state index contributed by atoms with van der Waals surface area (Å²) in [5.41, 5.74) is 0.587. The van der Waals surface area contributed by atoms with Crippen LogP contribution in [0.5, 0.6) is 17.2 Å². The summed E-state index contributed by atoms with van der Waals surface area (Å²) in [4.78, 5) is 27.0. The maximum Gasteiger partial charge on any atom is 0.225 e. The van der Waals surface area contributed by atoms with Gasteiger partial charge in [0.25, 0.3) is 0 Å². The van der Waals surface area contributed by atoms with E-state index in [1.165, 1.54) is 21.3 Å². The molecule has 0 aromatic heterocycles. The number of methoxy groups -OCH3 is 3. The standard InChI is InChI=1S/C23H37N3O6/c1-5-32-14-6-10-24-23(28)17-7-11-26(12-8-17)13-9-21(27)25-18-15-19(29-2)22(31-4)20(16-18)30-3/h15-17H,5-14H2,1-4H3,(H,24,28)(H,25,27). The number of nitrogens with one attached hydrogen (secondary N) is 2. The van der Waals surface area contributed by atoms with Crippen molar-refractivity contribution in [3.8, 4) is 17.2 Å². The van der Waals surface area contributed by atoms with Crippen LogP contribution in [0, 0.1) is 5.92 Å². The molecule has 32 heavy (non-hydrogen) atoms. The number of likely N-dealkylation sites (tertiary alicyclic amines) is 1. The van der Waals surface area contributed by atoms with Gasteiger partial charge in [0.1, 0.15) is 0 Å². The zero-order chi connectivity index (χ0) is 23.3. The third kappa shape index (κ3) is 7.87. The van der Waals surface area contributed by atoms with Crippen LogP contribution >= 0.6 is 0 Å². The molecule has 1 heterocycles. The summed E-state index contributed by atoms with van der Waals surface area (Å²) in [6.07, 6.45) is 2.82. The average molecular weight is 452 g/mol. The van der Waals surface area contributed by atoms with Gasteiger partial charge in [0.2, 0.25) is 17.6 Å². The van der Waals surface area contributed by atoms with Crippen molar-refractivity contribution in [3.05, 3.63) is 12.1 Å². The molecular formula is C23H37N3O6. The van der Waals surface area contributed by atoms with Crippen LogP contribution < -0.4 is 24.8 Å². The second-order valence-corrected chi connectivity index (χ2v) is 7.67. The first-order chi connectivity index (χ1) is 15.5. The van der Waals surface area contributed by atoms with Crippen molar-refractivity contribution in [1.82, 2.24) is 10.2 Å². The van der Waals surface area contributed by atoms with Gasteiger partial charge in [-0.3, -0.25) is 9.59 Å². The molecule has 2 N–H and O–H groups in total. The monoisotopic (exact) mass is 451 g/mol. The first-order valence-electron chi connectivity index (χ1n) is 11.2. The molecule has 0 spiro atoms. The molecule has 0 aliphatic carbocycles. The SMILES string of the molecule is CCOCCCNC(=O)C1CCN(CCC(=O)Nc2cc(OC)c(OC)c(OC)c2)CC1. The van der Waals surface area contributed by atoms with Crippen molar-refractivity contribution < 1.29 is 28.5 Å². The minimum Gasteiger partial charge on any atom is -0.493 e. The van der Waals surface area contributed by atoms with Gasteiger partial charge < -0.3 is 34.5 Å². The third-order valence-corrected chi connectivity index (χ3v) is 5.53. The Bertz CT molecular complexity index is 709. The molecule has 1 saturated heterocycles. The molecule has 1 aliphatic heterocycles. The number of ether oxygens (including phenoxy) is 4. The number of amides is 2. The van der Waals surface area contributed by atoms with E-state index >= 15 is 0 Å². The summed E-state index contributed by atoms with van der Waals surface area (Å²) in [5.74, 6) is 1.54. The molecular weight excluding hydrogens is 414 g/mol. The lowest BCUT2D eigenvalue weighted by molar-refractivity contribution is -0.126. The molecule has 180 valence electrons. The molecule has 1 aromatic rings. The summed E-state index contributed by atoms with van der Waals surface area (Å²) in [6.45, 7) is 6.27. The molecule has 0 unspecified atom stereocenters. The number of carbonyl (C=O) groups is 2. The Morgan fingerprint density at radius 2 is 1.72 bits per heavy atom. The second-order valence-electron chi connectivity index (χ2n) is 7.67. The predicted molar refractivity (Wildman–Crippen MR) is 123 cm³/mol. The highest BCUT2D eigenvalue weighted by molar-refractivity contribution is 5.91. The van der Waals surface area contributed by atoms with Gasteiger partial charge in [-0.15, -0.1) is 0 Å². The molecule has 1 aliphatic rings. The van der Waals surface area contributed by atoms with E-state index in [2.05, 4.69) is 15.5 Å². The predicted octanol–water partition coefficient (Wildman–Crippen LogP) is 2.30. The van der Waals surface area contributed by atoms with Gasteiger partial charge >= 0.3 is 0 Å². The Balaban J connectivity index is 1.73. The first-order valence-corrected chi connectivity index (χ1v) is 11.2. The summed E-state index contributed by atoms with van der Waals surface area (Å²) < 4.78 is 21.2. The van der Waals surface area contributed by atoms with E-state index in [0.29, 0.717) is 55.7 Å². The van der Waals surface area contributed by atoms with Crippen molar-refractivity contribution in [1.29, 1.82) is 0 Å². The number of benzene rings is 1. The number of hydrogen-bond donors (Lipinski definition) is 2. The highest BCUT2D eigenvalue weighted by Gasteiger charge is 2.25. The van der Waals surface area contributed by atoms with E-state index in [4.69, 9.17) is 18.9 Å². The van der Waals surface area contributed by atoms with Crippen molar-refractivity contribution in [2.75, 3.05) is 66.0 Å². The van der Waals surface area contributed by atoms with E-state index in [1.807, 2.05) is 6.92 Å². The lowest BCUT2D eigenvalue weighted by atomic mass is 9.96. The molecule has 0 saturated carbocycles. The van der Waals surface area contributed by atoms with Gasteiger partial charge in [0.05, 0.1) is 21.3 Å². The zero-order valence-electron chi connectivity index (χ0n) is 19.7. The molecule has 0 radical (unpaired) electrons. The van der Waals surface area contributed by atoms with Gasteiger partial charge in [0.15, 0.2) is 11.5 Å². The van der Waals surface area contributed by atoms with Crippen LogP contribution in [0.4, 0.5) is 5.69 Å². The molecule has 0 atom stereocenters. The maximum atomic E-state index is 12.4. The Labute approximate surface area is 190 Å². The van der Waals surface area contributed by atoms with Crippen LogP contribution in [-0.2, 0) is 14.3 Å². The Kier molecular flexibility index (Phi) is 11.1. The molecule has 9 heteroatoms. The van der Waals surface area contributed by atoms with E-state index in [-0.39, 0.29) is 17.7 Å². The summed E-state index contributed by atoms with van der Waals surface area (Å²) in [5, 5.41) is 5.89. The van der Waals surface area contributed by atoms with E-state index < -0.39 is 0 Å². The minimum absolute atomic E-state index is 0.0476.